The Morgan fingerprint density at radius 3 is 2.04 bits per heavy atom. The largest absolute Gasteiger partial charge is 0.508 e. The van der Waals surface area contributed by atoms with Gasteiger partial charge in [0.25, 0.3) is 0 Å². The number of aliphatic carboxylic acids is 1. The molecule has 3 heteroatoms. The molecule has 0 aromatic heterocycles. The van der Waals surface area contributed by atoms with Gasteiger partial charge in [0.15, 0.2) is 0 Å². The van der Waals surface area contributed by atoms with E-state index in [1.807, 2.05) is 6.07 Å². The molecule has 0 radical (unpaired) electrons. The summed E-state index contributed by atoms with van der Waals surface area (Å²) in [5.41, 5.74) is 2.15. The smallest absolute Gasteiger partial charge is 0.309 e. The number of aryl methyl sites for hydroxylation is 1. The third kappa shape index (κ3) is 9.61. The highest BCUT2D eigenvalue weighted by Crippen LogP contribution is 2.28. The first kappa shape index (κ1) is 24.5. The minimum Gasteiger partial charge on any atom is -0.508 e. The summed E-state index contributed by atoms with van der Waals surface area (Å²) in [5.74, 6) is -0.311. The van der Waals surface area contributed by atoms with E-state index in [4.69, 9.17) is 0 Å². The van der Waals surface area contributed by atoms with Crippen molar-refractivity contribution in [1.82, 2.24) is 0 Å². The van der Waals surface area contributed by atoms with Crippen molar-refractivity contribution in [2.24, 2.45) is 10.8 Å². The van der Waals surface area contributed by atoms with E-state index in [2.05, 4.69) is 26.8 Å². The Kier molecular flexibility index (Phi) is 10.1. The molecule has 2 N–H and O–H groups in total. The fourth-order valence-corrected chi connectivity index (χ4v) is 3.62. The highest BCUT2D eigenvalue weighted by Gasteiger charge is 2.25. The minimum atomic E-state index is -0.724. The molecule has 160 valence electrons. The zero-order valence-corrected chi connectivity index (χ0v) is 18.8. The summed E-state index contributed by atoms with van der Waals surface area (Å²) in [6, 6.07) is 5.89. The predicted molar refractivity (Wildman–Crippen MR) is 118 cm³/mol. The Morgan fingerprint density at radius 1 is 0.821 bits per heavy atom. The van der Waals surface area contributed by atoms with Gasteiger partial charge in [0.1, 0.15) is 5.75 Å². The number of benzene rings is 1. The summed E-state index contributed by atoms with van der Waals surface area (Å²) in [6.07, 6.45) is 11.8. The average Bonchev–Trinajstić information content (AvgIpc) is 2.58. The maximum atomic E-state index is 11.2. The van der Waals surface area contributed by atoms with Gasteiger partial charge in [-0.2, -0.15) is 0 Å². The zero-order valence-electron chi connectivity index (χ0n) is 18.8. The first-order valence-electron chi connectivity index (χ1n) is 11.1. The highest BCUT2D eigenvalue weighted by molar-refractivity contribution is 5.73. The van der Waals surface area contributed by atoms with E-state index in [-0.39, 0.29) is 0 Å². The van der Waals surface area contributed by atoms with Crippen LogP contribution in [0.25, 0.3) is 0 Å². The molecule has 3 nitrogen and oxygen atoms in total. The van der Waals surface area contributed by atoms with Crippen molar-refractivity contribution in [3.05, 3.63) is 29.3 Å². The van der Waals surface area contributed by atoms with Gasteiger partial charge in [0.05, 0.1) is 5.41 Å². The number of unbranched alkanes of at least 4 members (excludes halogenated alkanes) is 5. The summed E-state index contributed by atoms with van der Waals surface area (Å²) in [6.45, 7) is 10.5. The highest BCUT2D eigenvalue weighted by atomic mass is 16.4. The van der Waals surface area contributed by atoms with E-state index >= 15 is 0 Å². The number of hydrogen-bond donors (Lipinski definition) is 2. The van der Waals surface area contributed by atoms with Gasteiger partial charge in [-0.25, -0.2) is 0 Å². The second-order valence-electron chi connectivity index (χ2n) is 10.1. The number of aromatic hydroxyl groups is 1. The van der Waals surface area contributed by atoms with Crippen molar-refractivity contribution < 1.29 is 15.0 Å². The zero-order chi connectivity index (χ0) is 21.2. The lowest BCUT2D eigenvalue weighted by atomic mass is 9.86. The number of phenolic OH excluding ortho intramolecular Hbond substituents is 1. The normalized spacial score (nSPS) is 12.3. The number of rotatable bonds is 13. The van der Waals surface area contributed by atoms with E-state index in [9.17, 15) is 15.0 Å². The molecule has 0 unspecified atom stereocenters. The Labute approximate surface area is 172 Å². The van der Waals surface area contributed by atoms with Gasteiger partial charge in [-0.15, -0.1) is 0 Å². The summed E-state index contributed by atoms with van der Waals surface area (Å²) >= 11 is 0. The molecule has 28 heavy (non-hydrogen) atoms. The van der Waals surface area contributed by atoms with Gasteiger partial charge >= 0.3 is 5.97 Å². The molecular formula is C25H42O3. The van der Waals surface area contributed by atoms with Gasteiger partial charge < -0.3 is 10.2 Å². The molecular weight excluding hydrogens is 348 g/mol. The molecule has 0 atom stereocenters. The third-order valence-corrected chi connectivity index (χ3v) is 5.68. The van der Waals surface area contributed by atoms with Crippen molar-refractivity contribution in [1.29, 1.82) is 0 Å². The van der Waals surface area contributed by atoms with Crippen LogP contribution in [0.3, 0.4) is 0 Å². The molecule has 0 saturated carbocycles. The van der Waals surface area contributed by atoms with Crippen LogP contribution in [0.5, 0.6) is 5.75 Å². The SMILES string of the molecule is CC(C)(C)CCCCCCc1cccc(O)c1CCCCCC(C)(C)C(=O)O. The molecule has 0 aliphatic rings. The maximum absolute atomic E-state index is 11.2. The predicted octanol–water partition coefficient (Wildman–Crippen LogP) is 7.15. The Balaban J connectivity index is 2.39. The molecule has 1 aromatic carbocycles. The Morgan fingerprint density at radius 2 is 1.39 bits per heavy atom. The maximum Gasteiger partial charge on any atom is 0.309 e. The monoisotopic (exact) mass is 390 g/mol. The van der Waals surface area contributed by atoms with Crippen LogP contribution >= 0.6 is 0 Å². The summed E-state index contributed by atoms with van der Waals surface area (Å²) in [7, 11) is 0. The van der Waals surface area contributed by atoms with Gasteiger partial charge in [-0.05, 0) is 75.0 Å². The second-order valence-corrected chi connectivity index (χ2v) is 10.1. The van der Waals surface area contributed by atoms with Crippen molar-refractivity contribution in [3.8, 4) is 5.75 Å². The first-order valence-corrected chi connectivity index (χ1v) is 11.1. The third-order valence-electron chi connectivity index (χ3n) is 5.68. The number of phenols is 1. The average molecular weight is 391 g/mol. The number of carboxylic acid groups (broad SMARTS) is 1. The van der Waals surface area contributed by atoms with Crippen LogP contribution in [0.4, 0.5) is 0 Å². The van der Waals surface area contributed by atoms with E-state index in [0.717, 1.165) is 37.7 Å². The van der Waals surface area contributed by atoms with E-state index < -0.39 is 11.4 Å². The fraction of sp³-hybridized carbons (Fsp3) is 0.720. The topological polar surface area (TPSA) is 57.5 Å². The van der Waals surface area contributed by atoms with Crippen LogP contribution in [0, 0.1) is 10.8 Å². The second kappa shape index (κ2) is 11.5. The summed E-state index contributed by atoms with van der Waals surface area (Å²) in [4.78, 5) is 11.2. The molecule has 0 fully saturated rings. The Hall–Kier alpha value is -1.51. The first-order chi connectivity index (χ1) is 13.0. The number of carboxylic acids is 1. The van der Waals surface area contributed by atoms with Crippen molar-refractivity contribution in [2.45, 2.75) is 105 Å². The molecule has 0 aliphatic heterocycles. The Bertz CT molecular complexity index is 596. The molecule has 1 rings (SSSR count). The number of hydrogen-bond acceptors (Lipinski definition) is 2. The van der Waals surface area contributed by atoms with Crippen LogP contribution in [-0.4, -0.2) is 16.2 Å². The quantitative estimate of drug-likeness (QED) is 0.352. The van der Waals surface area contributed by atoms with E-state index in [0.29, 0.717) is 17.6 Å². The van der Waals surface area contributed by atoms with Gasteiger partial charge in [0.2, 0.25) is 0 Å². The molecule has 0 amide bonds. The standard InChI is InChI=1S/C25H42O3/c1-24(2,3)18-11-7-6-9-14-20-15-13-17-22(26)21(20)16-10-8-12-19-25(4,5)23(27)28/h13,15,17,26H,6-12,14,16,18-19H2,1-5H3,(H,27,28). The van der Waals surface area contributed by atoms with Crippen LogP contribution in [-0.2, 0) is 17.6 Å². The molecule has 0 aliphatic carbocycles. The van der Waals surface area contributed by atoms with Gasteiger partial charge in [-0.1, -0.05) is 65.0 Å². The van der Waals surface area contributed by atoms with E-state index in [1.54, 1.807) is 19.9 Å². The lowest BCUT2D eigenvalue weighted by Crippen LogP contribution is -2.23. The fourth-order valence-electron chi connectivity index (χ4n) is 3.62. The summed E-state index contributed by atoms with van der Waals surface area (Å²) in [5, 5.41) is 19.5. The van der Waals surface area contributed by atoms with E-state index in [1.165, 1.54) is 37.7 Å². The molecule has 0 bridgehead atoms. The lowest BCUT2D eigenvalue weighted by Gasteiger charge is -2.18. The summed E-state index contributed by atoms with van der Waals surface area (Å²) < 4.78 is 0. The molecule has 0 spiro atoms. The minimum absolute atomic E-state index is 0.413. The van der Waals surface area contributed by atoms with Crippen molar-refractivity contribution >= 4 is 5.97 Å². The van der Waals surface area contributed by atoms with Crippen LogP contribution in [0.15, 0.2) is 18.2 Å². The molecule has 0 heterocycles. The van der Waals surface area contributed by atoms with Gasteiger partial charge in [0, 0.05) is 0 Å². The van der Waals surface area contributed by atoms with Crippen molar-refractivity contribution in [2.75, 3.05) is 0 Å². The number of carbonyl (C=O) groups is 1. The molecule has 1 aromatic rings. The lowest BCUT2D eigenvalue weighted by molar-refractivity contribution is -0.147. The van der Waals surface area contributed by atoms with Crippen LogP contribution in [0.1, 0.15) is 104 Å². The van der Waals surface area contributed by atoms with Gasteiger partial charge in [-0.3, -0.25) is 4.79 Å². The molecule has 0 saturated heterocycles. The van der Waals surface area contributed by atoms with Crippen LogP contribution < -0.4 is 0 Å². The van der Waals surface area contributed by atoms with Crippen molar-refractivity contribution in [3.63, 3.8) is 0 Å². The van der Waals surface area contributed by atoms with Crippen LogP contribution in [0.2, 0.25) is 0 Å².